The van der Waals surface area contributed by atoms with Gasteiger partial charge in [0.15, 0.2) is 0 Å². The Bertz CT molecular complexity index is 652. The number of esters is 2. The Morgan fingerprint density at radius 2 is 1.84 bits per heavy atom. The van der Waals surface area contributed by atoms with Gasteiger partial charge in [0.2, 0.25) is 0 Å². The third-order valence-corrected chi connectivity index (χ3v) is 3.06. The van der Waals surface area contributed by atoms with Crippen LogP contribution in [0.25, 0.3) is 6.08 Å². The molecule has 0 saturated heterocycles. The summed E-state index contributed by atoms with van der Waals surface area (Å²) < 4.78 is 9.52. The van der Waals surface area contributed by atoms with Crippen molar-refractivity contribution in [3.05, 3.63) is 53.1 Å². The number of benzene rings is 1. The maximum atomic E-state index is 11.5. The maximum Gasteiger partial charge on any atom is 0.373 e. The molecule has 6 nitrogen and oxygen atoms in total. The smallest absolute Gasteiger partial charge is 0.373 e. The van der Waals surface area contributed by atoms with Gasteiger partial charge in [-0.25, -0.2) is 9.59 Å². The molecule has 0 aliphatic heterocycles. The van der Waals surface area contributed by atoms with Crippen LogP contribution in [0.5, 0.6) is 0 Å². The van der Waals surface area contributed by atoms with E-state index >= 15 is 0 Å². The van der Waals surface area contributed by atoms with E-state index in [0.29, 0.717) is 12.2 Å². The first kappa shape index (κ1) is 22.0. The van der Waals surface area contributed by atoms with Gasteiger partial charge in [0.05, 0.1) is 13.7 Å². The first-order chi connectivity index (χ1) is 12.0. The minimum atomic E-state index is -0.336. The standard InChI is InChI=1S/C18H22O4.CO2/c1-4-22-17(19)12-8-7-10-15-9-5-6-11-16(15)13-14(2)18(20)21-3;2-1-3/h5-6,8-9,11-13H,4,7,10H2,1-3H3;/b12-8+,14-13+;. The molecule has 6 heteroatoms. The number of allylic oxidation sites excluding steroid dienone is 1. The fraction of sp³-hybridized carbons (Fsp3) is 0.316. The lowest BCUT2D eigenvalue weighted by molar-refractivity contribution is -0.191. The molecule has 0 saturated carbocycles. The fourth-order valence-corrected chi connectivity index (χ4v) is 1.96. The van der Waals surface area contributed by atoms with E-state index in [0.717, 1.165) is 24.0 Å². The van der Waals surface area contributed by atoms with Crippen molar-refractivity contribution in [2.24, 2.45) is 0 Å². The van der Waals surface area contributed by atoms with Gasteiger partial charge in [-0.05, 0) is 43.9 Å². The lowest BCUT2D eigenvalue weighted by atomic mass is 10.0. The van der Waals surface area contributed by atoms with Gasteiger partial charge < -0.3 is 9.47 Å². The zero-order chi connectivity index (χ0) is 19.1. The van der Waals surface area contributed by atoms with E-state index in [-0.39, 0.29) is 18.1 Å². The van der Waals surface area contributed by atoms with Crippen LogP contribution in [0.2, 0.25) is 0 Å². The van der Waals surface area contributed by atoms with Crippen molar-refractivity contribution in [2.75, 3.05) is 13.7 Å². The molecule has 0 aliphatic rings. The van der Waals surface area contributed by atoms with Crippen LogP contribution in [0, 0.1) is 0 Å². The summed E-state index contributed by atoms with van der Waals surface area (Å²) >= 11 is 0. The number of ether oxygens (including phenoxy) is 2. The molecular formula is C19H22O6. The van der Waals surface area contributed by atoms with Crippen molar-refractivity contribution in [3.8, 4) is 0 Å². The molecule has 0 radical (unpaired) electrons. The third kappa shape index (κ3) is 9.69. The molecule has 134 valence electrons. The van der Waals surface area contributed by atoms with E-state index in [4.69, 9.17) is 19.1 Å². The Kier molecular flexibility index (Phi) is 11.9. The van der Waals surface area contributed by atoms with Crippen LogP contribution >= 0.6 is 0 Å². The molecule has 1 aromatic rings. The molecule has 0 fully saturated rings. The summed E-state index contributed by atoms with van der Waals surface area (Å²) in [5.41, 5.74) is 2.64. The molecule has 0 atom stereocenters. The van der Waals surface area contributed by atoms with Crippen LogP contribution in [-0.2, 0) is 35.1 Å². The van der Waals surface area contributed by atoms with Crippen LogP contribution in [0.4, 0.5) is 0 Å². The van der Waals surface area contributed by atoms with Crippen LogP contribution in [0.3, 0.4) is 0 Å². The summed E-state index contributed by atoms with van der Waals surface area (Å²) in [6.45, 7) is 3.88. The van der Waals surface area contributed by atoms with Crippen molar-refractivity contribution in [1.82, 2.24) is 0 Å². The van der Waals surface area contributed by atoms with Gasteiger partial charge in [0, 0.05) is 11.6 Å². The van der Waals surface area contributed by atoms with Crippen molar-refractivity contribution < 1.29 is 28.7 Å². The predicted molar refractivity (Wildman–Crippen MR) is 91.2 cm³/mol. The lowest BCUT2D eigenvalue weighted by Gasteiger charge is -2.06. The lowest BCUT2D eigenvalue weighted by Crippen LogP contribution is -2.01. The number of carbonyl (C=O) groups is 2. The van der Waals surface area contributed by atoms with Crippen molar-refractivity contribution in [2.45, 2.75) is 26.7 Å². The molecular weight excluding hydrogens is 324 g/mol. The van der Waals surface area contributed by atoms with E-state index in [1.54, 1.807) is 19.9 Å². The summed E-state index contributed by atoms with van der Waals surface area (Å²) in [7, 11) is 1.37. The molecule has 0 aromatic heterocycles. The first-order valence-corrected chi connectivity index (χ1v) is 7.67. The molecule has 0 spiro atoms. The Labute approximate surface area is 147 Å². The summed E-state index contributed by atoms with van der Waals surface area (Å²) in [6, 6.07) is 7.84. The van der Waals surface area contributed by atoms with E-state index in [9.17, 15) is 9.59 Å². The molecule has 0 aliphatic carbocycles. The van der Waals surface area contributed by atoms with Gasteiger partial charge in [-0.3, -0.25) is 0 Å². The van der Waals surface area contributed by atoms with Gasteiger partial charge in [-0.15, -0.1) is 0 Å². The number of hydrogen-bond acceptors (Lipinski definition) is 6. The minimum Gasteiger partial charge on any atom is -0.466 e. The molecule has 0 amide bonds. The van der Waals surface area contributed by atoms with Crippen molar-refractivity contribution >= 4 is 24.2 Å². The maximum absolute atomic E-state index is 11.5. The van der Waals surface area contributed by atoms with Crippen LogP contribution in [-0.4, -0.2) is 31.8 Å². The number of aryl methyl sites for hydroxylation is 1. The Morgan fingerprint density at radius 1 is 1.20 bits per heavy atom. The Hall–Kier alpha value is -2.98. The zero-order valence-electron chi connectivity index (χ0n) is 14.6. The predicted octanol–water partition coefficient (Wildman–Crippen LogP) is 2.73. The molecule has 25 heavy (non-hydrogen) atoms. The Morgan fingerprint density at radius 3 is 2.44 bits per heavy atom. The van der Waals surface area contributed by atoms with E-state index in [1.807, 2.05) is 30.3 Å². The fourth-order valence-electron chi connectivity index (χ4n) is 1.96. The average molecular weight is 346 g/mol. The van der Waals surface area contributed by atoms with E-state index < -0.39 is 0 Å². The molecule has 0 heterocycles. The van der Waals surface area contributed by atoms with E-state index in [1.165, 1.54) is 13.2 Å². The summed E-state index contributed by atoms with van der Waals surface area (Å²) in [4.78, 5) is 38.9. The highest BCUT2D eigenvalue weighted by atomic mass is 16.5. The molecule has 1 rings (SSSR count). The number of carbonyl (C=O) groups excluding carboxylic acids is 4. The number of methoxy groups -OCH3 is 1. The average Bonchev–Trinajstić information content (AvgIpc) is 2.60. The highest BCUT2D eigenvalue weighted by Crippen LogP contribution is 2.15. The van der Waals surface area contributed by atoms with Gasteiger partial charge in [-0.1, -0.05) is 30.3 Å². The molecule has 0 bridgehead atoms. The van der Waals surface area contributed by atoms with Crippen LogP contribution < -0.4 is 0 Å². The monoisotopic (exact) mass is 346 g/mol. The van der Waals surface area contributed by atoms with Gasteiger partial charge >= 0.3 is 18.1 Å². The SMILES string of the molecule is CCOC(=O)/C=C/CCc1ccccc1/C=C(\C)C(=O)OC.O=C=O. The van der Waals surface area contributed by atoms with Crippen LogP contribution in [0.15, 0.2) is 42.0 Å². The number of rotatable bonds is 7. The quantitative estimate of drug-likeness (QED) is 0.557. The second-order valence-electron chi connectivity index (χ2n) is 4.79. The van der Waals surface area contributed by atoms with Crippen molar-refractivity contribution in [3.63, 3.8) is 0 Å². The molecule has 0 unspecified atom stereocenters. The highest BCUT2D eigenvalue weighted by molar-refractivity contribution is 5.93. The zero-order valence-corrected chi connectivity index (χ0v) is 14.6. The molecule has 1 aromatic carbocycles. The first-order valence-electron chi connectivity index (χ1n) is 7.67. The largest absolute Gasteiger partial charge is 0.466 e. The summed E-state index contributed by atoms with van der Waals surface area (Å²) in [5, 5.41) is 0. The van der Waals surface area contributed by atoms with Gasteiger partial charge in [0.1, 0.15) is 0 Å². The van der Waals surface area contributed by atoms with Gasteiger partial charge in [-0.2, -0.15) is 9.59 Å². The number of hydrogen-bond donors (Lipinski definition) is 0. The minimum absolute atomic E-state index is 0.250. The summed E-state index contributed by atoms with van der Waals surface area (Å²) in [6.07, 6.45) is 6.81. The van der Waals surface area contributed by atoms with Crippen LogP contribution in [0.1, 0.15) is 31.4 Å². The summed E-state index contributed by atoms with van der Waals surface area (Å²) in [5.74, 6) is -0.658. The topological polar surface area (TPSA) is 86.7 Å². The van der Waals surface area contributed by atoms with E-state index in [2.05, 4.69) is 0 Å². The van der Waals surface area contributed by atoms with Gasteiger partial charge in [0.25, 0.3) is 0 Å². The van der Waals surface area contributed by atoms with Crippen molar-refractivity contribution in [1.29, 1.82) is 0 Å². The second-order valence-corrected chi connectivity index (χ2v) is 4.79. The third-order valence-electron chi connectivity index (χ3n) is 3.06. The second kappa shape index (κ2) is 13.5. The highest BCUT2D eigenvalue weighted by Gasteiger charge is 2.05. The Balaban J connectivity index is 0.00000178. The normalized spacial score (nSPS) is 10.4. The molecule has 0 N–H and O–H groups in total.